The number of carbonyl (C=O) groups excluding carboxylic acids is 1. The van der Waals surface area contributed by atoms with E-state index in [1.54, 1.807) is 13.0 Å². The molecule has 0 unspecified atom stereocenters. The van der Waals surface area contributed by atoms with Gasteiger partial charge in [0, 0.05) is 11.1 Å². The molecule has 0 fully saturated rings. The van der Waals surface area contributed by atoms with Crippen LogP contribution in [-0.4, -0.2) is 12.5 Å². The number of anilines is 1. The van der Waals surface area contributed by atoms with Gasteiger partial charge in [-0.05, 0) is 36.1 Å². The van der Waals surface area contributed by atoms with E-state index in [0.29, 0.717) is 11.4 Å². The second-order valence-corrected chi connectivity index (χ2v) is 5.27. The SMILES string of the molecule is Cc1ccc(F)cc1NC(=O)COc1cccc2ccccc12. The number of halogens is 1. The first-order valence-electron chi connectivity index (χ1n) is 7.30. The molecular weight excluding hydrogens is 293 g/mol. The number of benzene rings is 3. The van der Waals surface area contributed by atoms with Gasteiger partial charge in [-0.2, -0.15) is 0 Å². The fourth-order valence-electron chi connectivity index (χ4n) is 2.38. The van der Waals surface area contributed by atoms with E-state index >= 15 is 0 Å². The third kappa shape index (κ3) is 3.48. The minimum Gasteiger partial charge on any atom is -0.483 e. The van der Waals surface area contributed by atoms with Crippen molar-refractivity contribution >= 4 is 22.4 Å². The van der Waals surface area contributed by atoms with Crippen molar-refractivity contribution in [2.24, 2.45) is 0 Å². The van der Waals surface area contributed by atoms with Crippen LogP contribution in [0.3, 0.4) is 0 Å². The average Bonchev–Trinajstić information content (AvgIpc) is 2.56. The average molecular weight is 309 g/mol. The Morgan fingerprint density at radius 3 is 2.74 bits per heavy atom. The number of aryl methyl sites for hydroxylation is 1. The summed E-state index contributed by atoms with van der Waals surface area (Å²) >= 11 is 0. The topological polar surface area (TPSA) is 38.3 Å². The highest BCUT2D eigenvalue weighted by Gasteiger charge is 2.08. The zero-order valence-corrected chi connectivity index (χ0v) is 12.7. The molecule has 0 aromatic heterocycles. The van der Waals surface area contributed by atoms with Crippen molar-refractivity contribution in [1.82, 2.24) is 0 Å². The van der Waals surface area contributed by atoms with Gasteiger partial charge in [-0.3, -0.25) is 4.79 Å². The van der Waals surface area contributed by atoms with Gasteiger partial charge in [-0.1, -0.05) is 42.5 Å². The lowest BCUT2D eigenvalue weighted by molar-refractivity contribution is -0.118. The zero-order valence-electron chi connectivity index (χ0n) is 12.7. The van der Waals surface area contributed by atoms with Crippen molar-refractivity contribution in [3.8, 4) is 5.75 Å². The van der Waals surface area contributed by atoms with Gasteiger partial charge in [0.25, 0.3) is 5.91 Å². The Labute approximate surface area is 133 Å². The summed E-state index contributed by atoms with van der Waals surface area (Å²) in [5, 5.41) is 4.66. The number of ether oxygens (including phenoxy) is 1. The first kappa shape index (κ1) is 15.0. The lowest BCUT2D eigenvalue weighted by Crippen LogP contribution is -2.20. The second kappa shape index (κ2) is 6.48. The quantitative estimate of drug-likeness (QED) is 0.780. The molecule has 116 valence electrons. The number of amides is 1. The summed E-state index contributed by atoms with van der Waals surface area (Å²) in [4.78, 5) is 12.0. The molecule has 4 heteroatoms. The van der Waals surface area contributed by atoms with Crippen molar-refractivity contribution in [2.75, 3.05) is 11.9 Å². The molecular formula is C19H16FNO2. The molecule has 3 rings (SSSR count). The third-order valence-electron chi connectivity index (χ3n) is 3.58. The van der Waals surface area contributed by atoms with Crippen LogP contribution in [0.5, 0.6) is 5.75 Å². The van der Waals surface area contributed by atoms with Crippen molar-refractivity contribution in [2.45, 2.75) is 6.92 Å². The Balaban J connectivity index is 1.70. The predicted octanol–water partition coefficient (Wildman–Crippen LogP) is 4.30. The van der Waals surface area contributed by atoms with Crippen molar-refractivity contribution in [3.05, 3.63) is 72.0 Å². The molecule has 0 aliphatic rings. The highest BCUT2D eigenvalue weighted by atomic mass is 19.1. The Morgan fingerprint density at radius 1 is 1.09 bits per heavy atom. The molecule has 0 heterocycles. The number of nitrogens with one attached hydrogen (secondary N) is 1. The third-order valence-corrected chi connectivity index (χ3v) is 3.58. The summed E-state index contributed by atoms with van der Waals surface area (Å²) in [7, 11) is 0. The molecule has 23 heavy (non-hydrogen) atoms. The Bertz CT molecular complexity index is 856. The van der Waals surface area contributed by atoms with Crippen molar-refractivity contribution in [3.63, 3.8) is 0 Å². The van der Waals surface area contributed by atoms with Crippen LogP contribution in [0.25, 0.3) is 10.8 Å². The van der Waals surface area contributed by atoms with Crippen LogP contribution >= 0.6 is 0 Å². The van der Waals surface area contributed by atoms with Gasteiger partial charge in [0.05, 0.1) is 0 Å². The molecule has 0 aliphatic carbocycles. The molecule has 0 aliphatic heterocycles. The predicted molar refractivity (Wildman–Crippen MR) is 89.2 cm³/mol. The van der Waals surface area contributed by atoms with Crippen LogP contribution in [0.1, 0.15) is 5.56 Å². The normalized spacial score (nSPS) is 10.5. The summed E-state index contributed by atoms with van der Waals surface area (Å²) in [5.74, 6) is -0.0679. The largest absolute Gasteiger partial charge is 0.483 e. The Kier molecular flexibility index (Phi) is 4.24. The lowest BCUT2D eigenvalue weighted by atomic mass is 10.1. The first-order valence-corrected chi connectivity index (χ1v) is 7.30. The van der Waals surface area contributed by atoms with Crippen LogP contribution in [-0.2, 0) is 4.79 Å². The molecule has 3 aromatic carbocycles. The van der Waals surface area contributed by atoms with E-state index in [4.69, 9.17) is 4.74 Å². The van der Waals surface area contributed by atoms with Gasteiger partial charge in [0.1, 0.15) is 11.6 Å². The van der Waals surface area contributed by atoms with Crippen molar-refractivity contribution in [1.29, 1.82) is 0 Å². The highest BCUT2D eigenvalue weighted by molar-refractivity contribution is 5.93. The monoisotopic (exact) mass is 309 g/mol. The summed E-state index contributed by atoms with van der Waals surface area (Å²) in [6.45, 7) is 1.67. The second-order valence-electron chi connectivity index (χ2n) is 5.27. The highest BCUT2D eigenvalue weighted by Crippen LogP contribution is 2.25. The maximum atomic E-state index is 13.2. The molecule has 0 bridgehead atoms. The fourth-order valence-corrected chi connectivity index (χ4v) is 2.38. The van der Waals surface area contributed by atoms with Crippen LogP contribution in [0.2, 0.25) is 0 Å². The maximum Gasteiger partial charge on any atom is 0.262 e. The van der Waals surface area contributed by atoms with Crippen LogP contribution in [0, 0.1) is 12.7 Å². The van der Waals surface area contributed by atoms with E-state index in [0.717, 1.165) is 16.3 Å². The van der Waals surface area contributed by atoms with Crippen LogP contribution in [0.4, 0.5) is 10.1 Å². The standard InChI is InChI=1S/C19H16FNO2/c1-13-9-10-15(20)11-17(13)21-19(22)12-23-18-8-4-6-14-5-2-3-7-16(14)18/h2-11H,12H2,1H3,(H,21,22). The van der Waals surface area contributed by atoms with Gasteiger partial charge in [-0.15, -0.1) is 0 Å². The number of rotatable bonds is 4. The van der Waals surface area contributed by atoms with Gasteiger partial charge < -0.3 is 10.1 Å². The Hall–Kier alpha value is -2.88. The van der Waals surface area contributed by atoms with E-state index < -0.39 is 0 Å². The molecule has 1 amide bonds. The molecule has 0 atom stereocenters. The van der Waals surface area contributed by atoms with E-state index in [9.17, 15) is 9.18 Å². The van der Waals surface area contributed by atoms with Crippen molar-refractivity contribution < 1.29 is 13.9 Å². The summed E-state index contributed by atoms with van der Waals surface area (Å²) in [6, 6.07) is 17.8. The van der Waals surface area contributed by atoms with Gasteiger partial charge >= 0.3 is 0 Å². The zero-order chi connectivity index (χ0) is 16.2. The van der Waals surface area contributed by atoms with E-state index in [2.05, 4.69) is 5.32 Å². The molecule has 0 spiro atoms. The lowest BCUT2D eigenvalue weighted by Gasteiger charge is -2.11. The van der Waals surface area contributed by atoms with Crippen LogP contribution < -0.4 is 10.1 Å². The Morgan fingerprint density at radius 2 is 1.87 bits per heavy atom. The van der Waals surface area contributed by atoms with Gasteiger partial charge in [0.2, 0.25) is 0 Å². The van der Waals surface area contributed by atoms with E-state index in [-0.39, 0.29) is 18.3 Å². The summed E-state index contributed by atoms with van der Waals surface area (Å²) in [5.41, 5.74) is 1.25. The molecule has 0 saturated heterocycles. The molecule has 0 saturated carbocycles. The van der Waals surface area contributed by atoms with Gasteiger partial charge in [-0.25, -0.2) is 4.39 Å². The number of fused-ring (bicyclic) bond motifs is 1. The summed E-state index contributed by atoms with van der Waals surface area (Å²) < 4.78 is 18.9. The van der Waals surface area contributed by atoms with E-state index in [1.807, 2.05) is 42.5 Å². The minimum atomic E-state index is -0.388. The summed E-state index contributed by atoms with van der Waals surface area (Å²) in [6.07, 6.45) is 0. The number of hydrogen-bond acceptors (Lipinski definition) is 2. The number of carbonyl (C=O) groups is 1. The molecule has 3 nitrogen and oxygen atoms in total. The maximum absolute atomic E-state index is 13.2. The van der Waals surface area contributed by atoms with Gasteiger partial charge in [0.15, 0.2) is 6.61 Å². The molecule has 0 radical (unpaired) electrons. The minimum absolute atomic E-state index is 0.135. The number of hydrogen-bond donors (Lipinski definition) is 1. The smallest absolute Gasteiger partial charge is 0.262 e. The molecule has 3 aromatic rings. The molecule has 1 N–H and O–H groups in total. The fraction of sp³-hybridized carbons (Fsp3) is 0.105. The first-order chi connectivity index (χ1) is 11.1. The van der Waals surface area contributed by atoms with E-state index in [1.165, 1.54) is 12.1 Å². The van der Waals surface area contributed by atoms with Crippen LogP contribution in [0.15, 0.2) is 60.7 Å².